The molecule has 1 heterocycles. The number of Topliss-reactive ketones (excluding diaryl/α,β-unsaturated/α-hetero) is 1. The number of ether oxygens (including phenoxy) is 2. The molecule has 0 atom stereocenters. The molecule has 0 aliphatic rings. The van der Waals surface area contributed by atoms with E-state index in [-0.39, 0.29) is 5.78 Å². The third kappa shape index (κ3) is 3.57. The molecule has 2 rings (SSSR count). The fraction of sp³-hybridized carbons (Fsp3) is 0.333. The van der Waals surface area contributed by atoms with Gasteiger partial charge in [-0.15, -0.1) is 11.3 Å². The molecule has 106 valence electrons. The van der Waals surface area contributed by atoms with E-state index in [2.05, 4.69) is 4.98 Å². The molecular formula is C15H17NO3S. The van der Waals surface area contributed by atoms with E-state index in [1.807, 2.05) is 30.5 Å². The summed E-state index contributed by atoms with van der Waals surface area (Å²) in [7, 11) is 3.18. The van der Waals surface area contributed by atoms with Gasteiger partial charge in [-0.3, -0.25) is 4.79 Å². The summed E-state index contributed by atoms with van der Waals surface area (Å²) >= 11 is 1.53. The lowest BCUT2D eigenvalue weighted by atomic mass is 10.1. The van der Waals surface area contributed by atoms with Crippen LogP contribution in [0, 0.1) is 6.92 Å². The van der Waals surface area contributed by atoms with Crippen molar-refractivity contribution in [2.24, 2.45) is 0 Å². The van der Waals surface area contributed by atoms with Crippen LogP contribution in [0.1, 0.15) is 16.3 Å². The highest BCUT2D eigenvalue weighted by atomic mass is 32.1. The van der Waals surface area contributed by atoms with Crippen LogP contribution >= 0.6 is 11.3 Å². The van der Waals surface area contributed by atoms with Crippen LogP contribution < -0.4 is 9.47 Å². The Kier molecular flexibility index (Phi) is 4.74. The van der Waals surface area contributed by atoms with Crippen LogP contribution in [0.5, 0.6) is 11.5 Å². The Hall–Kier alpha value is -1.88. The molecule has 2 aromatic rings. The van der Waals surface area contributed by atoms with Gasteiger partial charge in [-0.05, 0) is 24.6 Å². The SMILES string of the molecule is COc1ccc(CC(=O)Cc2nc(C)cs2)cc1OC. The highest BCUT2D eigenvalue weighted by Gasteiger charge is 2.10. The van der Waals surface area contributed by atoms with Crippen LogP contribution in [-0.2, 0) is 17.6 Å². The smallest absolute Gasteiger partial charge is 0.161 e. The molecule has 20 heavy (non-hydrogen) atoms. The minimum Gasteiger partial charge on any atom is -0.493 e. The Bertz CT molecular complexity index is 607. The molecule has 0 radical (unpaired) electrons. The number of carbonyl (C=O) groups excluding carboxylic acids is 1. The monoisotopic (exact) mass is 291 g/mol. The number of hydrogen-bond acceptors (Lipinski definition) is 5. The highest BCUT2D eigenvalue weighted by Crippen LogP contribution is 2.27. The molecule has 1 aromatic heterocycles. The maximum Gasteiger partial charge on any atom is 0.161 e. The number of aryl methyl sites for hydroxylation is 1. The maximum atomic E-state index is 12.0. The molecule has 0 aliphatic carbocycles. The zero-order valence-electron chi connectivity index (χ0n) is 11.8. The number of benzene rings is 1. The van der Waals surface area contributed by atoms with Gasteiger partial charge in [-0.2, -0.15) is 0 Å². The summed E-state index contributed by atoms with van der Waals surface area (Å²) in [6.07, 6.45) is 0.756. The van der Waals surface area contributed by atoms with E-state index in [1.165, 1.54) is 11.3 Å². The first-order valence-corrected chi connectivity index (χ1v) is 7.14. The lowest BCUT2D eigenvalue weighted by Gasteiger charge is -2.09. The van der Waals surface area contributed by atoms with Crippen molar-refractivity contribution in [2.45, 2.75) is 19.8 Å². The molecule has 0 N–H and O–H groups in total. The predicted octanol–water partition coefficient (Wildman–Crippen LogP) is 2.82. The first kappa shape index (κ1) is 14.5. The van der Waals surface area contributed by atoms with Crippen molar-refractivity contribution in [2.75, 3.05) is 14.2 Å². The van der Waals surface area contributed by atoms with Gasteiger partial charge in [0.25, 0.3) is 0 Å². The lowest BCUT2D eigenvalue weighted by Crippen LogP contribution is -2.06. The van der Waals surface area contributed by atoms with Crippen LogP contribution in [-0.4, -0.2) is 25.0 Å². The number of rotatable bonds is 6. The van der Waals surface area contributed by atoms with E-state index in [4.69, 9.17) is 9.47 Å². The van der Waals surface area contributed by atoms with Gasteiger partial charge in [0.15, 0.2) is 11.5 Å². The number of thiazole rings is 1. The summed E-state index contributed by atoms with van der Waals surface area (Å²) in [6, 6.07) is 5.53. The zero-order chi connectivity index (χ0) is 14.5. The van der Waals surface area contributed by atoms with Gasteiger partial charge >= 0.3 is 0 Å². The molecule has 5 heteroatoms. The molecule has 0 aliphatic heterocycles. The number of carbonyl (C=O) groups is 1. The lowest BCUT2D eigenvalue weighted by molar-refractivity contribution is -0.117. The number of nitrogens with zero attached hydrogens (tertiary/aromatic N) is 1. The third-order valence-corrected chi connectivity index (χ3v) is 3.83. The molecule has 0 saturated heterocycles. The van der Waals surface area contributed by atoms with Crippen LogP contribution in [0.25, 0.3) is 0 Å². The van der Waals surface area contributed by atoms with Gasteiger partial charge in [0.2, 0.25) is 0 Å². The predicted molar refractivity (Wildman–Crippen MR) is 78.8 cm³/mol. The minimum absolute atomic E-state index is 0.145. The second-order valence-corrected chi connectivity index (χ2v) is 5.41. The summed E-state index contributed by atoms with van der Waals surface area (Å²) in [5, 5.41) is 2.83. The van der Waals surface area contributed by atoms with Crippen molar-refractivity contribution in [3.63, 3.8) is 0 Å². The van der Waals surface area contributed by atoms with E-state index in [0.717, 1.165) is 16.3 Å². The first-order chi connectivity index (χ1) is 9.62. The Morgan fingerprint density at radius 3 is 2.55 bits per heavy atom. The van der Waals surface area contributed by atoms with Crippen LogP contribution in [0.3, 0.4) is 0 Å². The van der Waals surface area contributed by atoms with Gasteiger partial charge in [-0.1, -0.05) is 6.07 Å². The number of ketones is 1. The minimum atomic E-state index is 0.145. The number of aromatic nitrogens is 1. The second-order valence-electron chi connectivity index (χ2n) is 4.46. The summed E-state index contributed by atoms with van der Waals surface area (Å²) in [5.41, 5.74) is 1.88. The Balaban J connectivity index is 2.04. The molecular weight excluding hydrogens is 274 g/mol. The van der Waals surface area contributed by atoms with Crippen LogP contribution in [0.15, 0.2) is 23.6 Å². The van der Waals surface area contributed by atoms with E-state index in [9.17, 15) is 4.79 Å². The average molecular weight is 291 g/mol. The van der Waals surface area contributed by atoms with Gasteiger partial charge in [-0.25, -0.2) is 4.98 Å². The maximum absolute atomic E-state index is 12.0. The number of methoxy groups -OCH3 is 2. The Morgan fingerprint density at radius 2 is 1.95 bits per heavy atom. The average Bonchev–Trinajstić information content (AvgIpc) is 2.83. The van der Waals surface area contributed by atoms with Gasteiger partial charge in [0.05, 0.1) is 20.6 Å². The summed E-state index contributed by atoms with van der Waals surface area (Å²) in [4.78, 5) is 16.3. The molecule has 0 saturated carbocycles. The quantitative estimate of drug-likeness (QED) is 0.821. The van der Waals surface area contributed by atoms with Crippen LogP contribution in [0.2, 0.25) is 0 Å². The van der Waals surface area contributed by atoms with Crippen molar-refractivity contribution in [1.29, 1.82) is 0 Å². The fourth-order valence-electron chi connectivity index (χ4n) is 1.93. The topological polar surface area (TPSA) is 48.4 Å². The Morgan fingerprint density at radius 1 is 1.20 bits per heavy atom. The third-order valence-electron chi connectivity index (χ3n) is 2.86. The Labute approximate surface area is 122 Å². The second kappa shape index (κ2) is 6.52. The van der Waals surface area contributed by atoms with Crippen molar-refractivity contribution in [3.05, 3.63) is 39.8 Å². The molecule has 1 aromatic carbocycles. The highest BCUT2D eigenvalue weighted by molar-refractivity contribution is 7.09. The van der Waals surface area contributed by atoms with Gasteiger partial charge in [0.1, 0.15) is 10.8 Å². The molecule has 0 fully saturated rings. The fourth-order valence-corrected chi connectivity index (χ4v) is 2.73. The zero-order valence-corrected chi connectivity index (χ0v) is 12.6. The van der Waals surface area contributed by atoms with Crippen molar-refractivity contribution < 1.29 is 14.3 Å². The summed E-state index contributed by atoms with van der Waals surface area (Å²) < 4.78 is 10.4. The van der Waals surface area contributed by atoms with E-state index >= 15 is 0 Å². The molecule has 0 unspecified atom stereocenters. The summed E-state index contributed by atoms with van der Waals surface area (Å²) in [5.74, 6) is 1.45. The molecule has 0 spiro atoms. The first-order valence-electron chi connectivity index (χ1n) is 6.26. The molecule has 4 nitrogen and oxygen atoms in total. The van der Waals surface area contributed by atoms with E-state index < -0.39 is 0 Å². The summed E-state index contributed by atoms with van der Waals surface area (Å²) in [6.45, 7) is 1.93. The molecule has 0 amide bonds. The normalized spacial score (nSPS) is 10.3. The molecule has 0 bridgehead atoms. The van der Waals surface area contributed by atoms with Crippen molar-refractivity contribution >= 4 is 17.1 Å². The number of hydrogen-bond donors (Lipinski definition) is 0. The van der Waals surface area contributed by atoms with E-state index in [0.29, 0.717) is 24.3 Å². The van der Waals surface area contributed by atoms with Gasteiger partial charge < -0.3 is 9.47 Å². The standard InChI is InChI=1S/C15H17NO3S/c1-10-9-20-15(16-10)8-12(17)6-11-4-5-13(18-2)14(7-11)19-3/h4-5,7,9H,6,8H2,1-3H3. The van der Waals surface area contributed by atoms with Crippen molar-refractivity contribution in [1.82, 2.24) is 4.98 Å². The largest absolute Gasteiger partial charge is 0.493 e. The van der Waals surface area contributed by atoms with Crippen LogP contribution in [0.4, 0.5) is 0 Å². The van der Waals surface area contributed by atoms with E-state index in [1.54, 1.807) is 14.2 Å². The van der Waals surface area contributed by atoms with Crippen molar-refractivity contribution in [3.8, 4) is 11.5 Å². The van der Waals surface area contributed by atoms with Gasteiger partial charge in [0, 0.05) is 17.5 Å².